The van der Waals surface area contributed by atoms with E-state index in [1.54, 1.807) is 0 Å². The lowest BCUT2D eigenvalue weighted by Gasteiger charge is -2.19. The Bertz CT molecular complexity index is 1960. The number of carbonyl (C=O) groups excluding carboxylic acids is 2. The number of ether oxygens (including phenoxy) is 2. The predicted octanol–water partition coefficient (Wildman–Crippen LogP) is 6.72. The zero-order chi connectivity index (χ0) is 32.8. The Balaban J connectivity index is 1.35. The fourth-order valence-corrected chi connectivity index (χ4v) is 6.47. The first kappa shape index (κ1) is 32.3. The van der Waals surface area contributed by atoms with E-state index < -0.39 is 27.9 Å². The number of nitrogens with zero attached hydrogens (tertiary/aromatic N) is 1. The number of hydrogen-bond acceptors (Lipinski definition) is 8. The Kier molecular flexibility index (Phi) is 9.74. The van der Waals surface area contributed by atoms with E-state index in [2.05, 4.69) is 15.2 Å². The maximum atomic E-state index is 13.5. The SMILES string of the molecule is COC(=O)[C@H](Cc1ccc(-c2ccccc2Oc2ccccc2)cc1)NC(=O)c1cc(Cl)ccc1NS(=O)(=O)c1c(C)noc1C. The number of hydrogen-bond donors (Lipinski definition) is 2. The molecule has 0 radical (unpaired) electrons. The largest absolute Gasteiger partial charge is 0.467 e. The van der Waals surface area contributed by atoms with Gasteiger partial charge in [0.25, 0.3) is 15.9 Å². The Morgan fingerprint density at radius 3 is 2.30 bits per heavy atom. The van der Waals surface area contributed by atoms with E-state index in [1.807, 2.05) is 78.9 Å². The summed E-state index contributed by atoms with van der Waals surface area (Å²) in [6.07, 6.45) is 0.0988. The number of halogens is 1. The molecule has 0 saturated heterocycles. The van der Waals surface area contributed by atoms with Crippen molar-refractivity contribution in [1.29, 1.82) is 0 Å². The minimum atomic E-state index is -4.18. The van der Waals surface area contributed by atoms with Crippen LogP contribution in [0.25, 0.3) is 11.1 Å². The second-order valence-corrected chi connectivity index (χ2v) is 12.4. The van der Waals surface area contributed by atoms with Crippen LogP contribution >= 0.6 is 11.6 Å². The Hall–Kier alpha value is -5.13. The van der Waals surface area contributed by atoms with E-state index in [0.717, 1.165) is 16.7 Å². The maximum absolute atomic E-state index is 13.5. The summed E-state index contributed by atoms with van der Waals surface area (Å²) >= 11 is 6.18. The molecule has 2 N–H and O–H groups in total. The number of aryl methyl sites for hydroxylation is 2. The molecule has 0 saturated carbocycles. The highest BCUT2D eigenvalue weighted by atomic mass is 35.5. The van der Waals surface area contributed by atoms with Gasteiger partial charge in [0.15, 0.2) is 10.7 Å². The van der Waals surface area contributed by atoms with Crippen molar-refractivity contribution in [3.63, 3.8) is 0 Å². The third kappa shape index (κ3) is 7.39. The van der Waals surface area contributed by atoms with Crippen LogP contribution in [0.4, 0.5) is 5.69 Å². The van der Waals surface area contributed by atoms with Crippen LogP contribution in [0.1, 0.15) is 27.4 Å². The highest BCUT2D eigenvalue weighted by Gasteiger charge is 2.28. The number of carbonyl (C=O) groups is 2. The molecular weight excluding hydrogens is 630 g/mol. The molecule has 12 heteroatoms. The highest BCUT2D eigenvalue weighted by molar-refractivity contribution is 7.92. The fourth-order valence-electron chi connectivity index (χ4n) is 4.88. The fraction of sp³-hybridized carbons (Fsp3) is 0.147. The Morgan fingerprint density at radius 1 is 0.935 bits per heavy atom. The molecular formula is C34H30ClN3O7S. The zero-order valence-electron chi connectivity index (χ0n) is 25.1. The number of anilines is 1. The second kappa shape index (κ2) is 13.9. The average molecular weight is 660 g/mol. The second-order valence-electron chi connectivity index (χ2n) is 10.3. The molecule has 1 heterocycles. The summed E-state index contributed by atoms with van der Waals surface area (Å²) in [7, 11) is -2.96. The maximum Gasteiger partial charge on any atom is 0.328 e. The molecule has 236 valence electrons. The minimum absolute atomic E-state index is 0.0498. The molecule has 0 aliphatic rings. The summed E-state index contributed by atoms with van der Waals surface area (Å²) in [5, 5.41) is 6.55. The van der Waals surface area contributed by atoms with Crippen molar-refractivity contribution in [2.24, 2.45) is 0 Å². The number of rotatable bonds is 11. The van der Waals surface area contributed by atoms with Crippen LogP contribution in [-0.4, -0.2) is 38.6 Å². The quantitative estimate of drug-likeness (QED) is 0.149. The topological polar surface area (TPSA) is 137 Å². The van der Waals surface area contributed by atoms with Crippen LogP contribution < -0.4 is 14.8 Å². The first-order valence-electron chi connectivity index (χ1n) is 14.1. The average Bonchev–Trinajstić information content (AvgIpc) is 3.40. The van der Waals surface area contributed by atoms with Gasteiger partial charge in [-0.1, -0.05) is 77.4 Å². The first-order chi connectivity index (χ1) is 22.1. The molecule has 10 nitrogen and oxygen atoms in total. The van der Waals surface area contributed by atoms with E-state index in [4.69, 9.17) is 25.6 Å². The standard InChI is InChI=1S/C34H30ClN3O7S/c1-21-32(22(2)45-37-21)46(41,42)38-29-18-17-25(35)20-28(29)33(39)36-30(34(40)43-3)19-23-13-15-24(16-14-23)27-11-7-8-12-31(27)44-26-9-5-4-6-10-26/h4-18,20,30,38H,19H2,1-3H3,(H,36,39)/t30-/m0/s1. The molecule has 0 unspecified atom stereocenters. The van der Waals surface area contributed by atoms with Gasteiger partial charge in [0, 0.05) is 17.0 Å². The minimum Gasteiger partial charge on any atom is -0.467 e. The molecule has 0 aliphatic carbocycles. The molecule has 1 amide bonds. The molecule has 46 heavy (non-hydrogen) atoms. The highest BCUT2D eigenvalue weighted by Crippen LogP contribution is 2.33. The van der Waals surface area contributed by atoms with Crippen molar-refractivity contribution in [2.75, 3.05) is 11.8 Å². The summed E-state index contributed by atoms with van der Waals surface area (Å²) in [5.41, 5.74) is 2.53. The van der Waals surface area contributed by atoms with Gasteiger partial charge < -0.3 is 19.3 Å². The predicted molar refractivity (Wildman–Crippen MR) is 174 cm³/mol. The third-order valence-electron chi connectivity index (χ3n) is 7.06. The summed E-state index contributed by atoms with van der Waals surface area (Å²) in [5.74, 6) is 0.0666. The van der Waals surface area contributed by atoms with Crippen LogP contribution in [0.5, 0.6) is 11.5 Å². The van der Waals surface area contributed by atoms with Crippen LogP contribution in [0.15, 0.2) is 106 Å². The lowest BCUT2D eigenvalue weighted by Crippen LogP contribution is -2.43. The number of esters is 1. The van der Waals surface area contributed by atoms with Gasteiger partial charge in [-0.05, 0) is 61.4 Å². The Labute approximate surface area is 271 Å². The number of benzene rings is 4. The van der Waals surface area contributed by atoms with Crippen LogP contribution in [0, 0.1) is 13.8 Å². The molecule has 5 rings (SSSR count). The molecule has 0 aliphatic heterocycles. The lowest BCUT2D eigenvalue weighted by molar-refractivity contribution is -0.142. The van der Waals surface area contributed by atoms with Crippen LogP contribution in [0.2, 0.25) is 5.02 Å². The van der Waals surface area contributed by atoms with Crippen molar-refractivity contribution >= 4 is 39.2 Å². The smallest absolute Gasteiger partial charge is 0.328 e. The van der Waals surface area contributed by atoms with Gasteiger partial charge in [-0.2, -0.15) is 0 Å². The Morgan fingerprint density at radius 2 is 1.63 bits per heavy atom. The van der Waals surface area contributed by atoms with Crippen LogP contribution in [-0.2, 0) is 26.0 Å². The van der Waals surface area contributed by atoms with Gasteiger partial charge in [-0.15, -0.1) is 0 Å². The number of aromatic nitrogens is 1. The van der Waals surface area contributed by atoms with E-state index in [-0.39, 0.29) is 39.0 Å². The zero-order valence-corrected chi connectivity index (χ0v) is 26.7. The number of para-hydroxylation sites is 2. The first-order valence-corrected chi connectivity index (χ1v) is 16.0. The van der Waals surface area contributed by atoms with Crippen molar-refractivity contribution in [3.8, 4) is 22.6 Å². The van der Waals surface area contributed by atoms with Gasteiger partial charge in [0.05, 0.1) is 18.4 Å². The van der Waals surface area contributed by atoms with E-state index >= 15 is 0 Å². The molecule has 0 bridgehead atoms. The lowest BCUT2D eigenvalue weighted by atomic mass is 9.99. The molecule has 1 atom stereocenters. The summed E-state index contributed by atoms with van der Waals surface area (Å²) < 4.78 is 44.8. The van der Waals surface area contributed by atoms with Gasteiger partial charge in [0.2, 0.25) is 0 Å². The molecule has 1 aromatic heterocycles. The monoisotopic (exact) mass is 659 g/mol. The number of methoxy groups -OCH3 is 1. The van der Waals surface area contributed by atoms with Gasteiger partial charge in [-0.3, -0.25) is 9.52 Å². The molecule has 5 aromatic rings. The number of sulfonamides is 1. The van der Waals surface area contributed by atoms with Crippen LogP contribution in [0.3, 0.4) is 0 Å². The van der Waals surface area contributed by atoms with E-state index in [9.17, 15) is 18.0 Å². The van der Waals surface area contributed by atoms with Crippen molar-refractivity contribution in [1.82, 2.24) is 10.5 Å². The van der Waals surface area contributed by atoms with Gasteiger partial charge in [0.1, 0.15) is 23.2 Å². The summed E-state index contributed by atoms with van der Waals surface area (Å²) in [4.78, 5) is 26.2. The molecule has 4 aromatic carbocycles. The number of amides is 1. The molecule has 0 fully saturated rings. The summed E-state index contributed by atoms with van der Waals surface area (Å²) in [6.45, 7) is 2.96. The van der Waals surface area contributed by atoms with Gasteiger partial charge >= 0.3 is 5.97 Å². The number of nitrogens with one attached hydrogen (secondary N) is 2. The molecule has 0 spiro atoms. The van der Waals surface area contributed by atoms with E-state index in [0.29, 0.717) is 11.5 Å². The summed E-state index contributed by atoms with van der Waals surface area (Å²) in [6, 6.07) is 27.6. The van der Waals surface area contributed by atoms with Gasteiger partial charge in [-0.25, -0.2) is 13.2 Å². The third-order valence-corrected chi connectivity index (χ3v) is 8.91. The normalized spacial score (nSPS) is 11.8. The van der Waals surface area contributed by atoms with E-state index in [1.165, 1.54) is 39.2 Å². The van der Waals surface area contributed by atoms with Crippen molar-refractivity contribution in [2.45, 2.75) is 31.2 Å². The van der Waals surface area contributed by atoms with Crippen molar-refractivity contribution < 1.29 is 32.0 Å². The van der Waals surface area contributed by atoms with Crippen molar-refractivity contribution in [3.05, 3.63) is 125 Å².